The minimum atomic E-state index is 0.253. The minimum absolute atomic E-state index is 0.253. The lowest BCUT2D eigenvalue weighted by Crippen LogP contribution is -2.21. The van der Waals surface area contributed by atoms with Crippen molar-refractivity contribution in [2.75, 3.05) is 6.54 Å². The van der Waals surface area contributed by atoms with Gasteiger partial charge in [-0.15, -0.1) is 0 Å². The van der Waals surface area contributed by atoms with Gasteiger partial charge in [-0.3, -0.25) is 4.79 Å². The molecule has 2 rings (SSSR count). The number of carbonyl (C=O) groups is 1. The molecule has 1 aromatic rings. The summed E-state index contributed by atoms with van der Waals surface area (Å²) in [5, 5.41) is 0. The van der Waals surface area contributed by atoms with Crippen LogP contribution in [0.2, 0.25) is 0 Å². The predicted octanol–water partition coefficient (Wildman–Crippen LogP) is 3.59. The maximum atomic E-state index is 12.4. The van der Waals surface area contributed by atoms with Crippen molar-refractivity contribution in [2.24, 2.45) is 17.6 Å². The van der Waals surface area contributed by atoms with Crippen molar-refractivity contribution in [1.82, 2.24) is 0 Å². The molecule has 0 atom stereocenters. The van der Waals surface area contributed by atoms with Crippen molar-refractivity contribution in [3.8, 4) is 0 Å². The largest absolute Gasteiger partial charge is 0.330 e. The Balaban J connectivity index is 1.96. The number of hydrogen-bond donors (Lipinski definition) is 1. The summed E-state index contributed by atoms with van der Waals surface area (Å²) in [6.07, 6.45) is 6.73. The predicted molar refractivity (Wildman–Crippen MR) is 79.3 cm³/mol. The SMILES string of the molecule is CCC1CCC(C(=O)c2ccc(CCN)cc2)CC1. The molecule has 0 radical (unpaired) electrons. The fourth-order valence-electron chi connectivity index (χ4n) is 3.07. The Morgan fingerprint density at radius 3 is 2.32 bits per heavy atom. The molecule has 0 amide bonds. The van der Waals surface area contributed by atoms with E-state index < -0.39 is 0 Å². The van der Waals surface area contributed by atoms with Gasteiger partial charge in [0, 0.05) is 11.5 Å². The zero-order valence-electron chi connectivity index (χ0n) is 11.9. The van der Waals surface area contributed by atoms with E-state index in [1.807, 2.05) is 24.3 Å². The van der Waals surface area contributed by atoms with E-state index in [1.54, 1.807) is 0 Å². The number of carbonyl (C=O) groups excluding carboxylic acids is 1. The third-order valence-corrected chi connectivity index (χ3v) is 4.47. The second-order valence-electron chi connectivity index (χ2n) is 5.73. The molecule has 1 aliphatic carbocycles. The number of Topliss-reactive ketones (excluding diaryl/α,β-unsaturated/α-hetero) is 1. The first-order valence-electron chi connectivity index (χ1n) is 7.57. The van der Waals surface area contributed by atoms with Crippen molar-refractivity contribution < 1.29 is 4.79 Å². The molecule has 0 unspecified atom stereocenters. The average Bonchev–Trinajstić information content (AvgIpc) is 2.48. The van der Waals surface area contributed by atoms with Gasteiger partial charge < -0.3 is 5.73 Å². The highest BCUT2D eigenvalue weighted by molar-refractivity contribution is 5.97. The van der Waals surface area contributed by atoms with Gasteiger partial charge >= 0.3 is 0 Å². The van der Waals surface area contributed by atoms with Gasteiger partial charge in [-0.1, -0.05) is 37.6 Å². The average molecular weight is 259 g/mol. The third-order valence-electron chi connectivity index (χ3n) is 4.47. The zero-order chi connectivity index (χ0) is 13.7. The maximum Gasteiger partial charge on any atom is 0.165 e. The number of rotatable bonds is 5. The highest BCUT2D eigenvalue weighted by atomic mass is 16.1. The first kappa shape index (κ1) is 14.3. The molecule has 1 aromatic carbocycles. The van der Waals surface area contributed by atoms with E-state index in [0.29, 0.717) is 12.3 Å². The van der Waals surface area contributed by atoms with E-state index in [9.17, 15) is 4.79 Å². The Hall–Kier alpha value is -1.15. The molecule has 2 nitrogen and oxygen atoms in total. The van der Waals surface area contributed by atoms with Crippen LogP contribution < -0.4 is 5.73 Å². The molecular formula is C17H25NO. The summed E-state index contributed by atoms with van der Waals surface area (Å²) in [6, 6.07) is 8.02. The van der Waals surface area contributed by atoms with Crippen LogP contribution in [0.15, 0.2) is 24.3 Å². The summed E-state index contributed by atoms with van der Waals surface area (Å²) < 4.78 is 0. The van der Waals surface area contributed by atoms with Crippen molar-refractivity contribution in [2.45, 2.75) is 45.4 Å². The van der Waals surface area contributed by atoms with Crippen LogP contribution in [-0.4, -0.2) is 12.3 Å². The van der Waals surface area contributed by atoms with Gasteiger partial charge in [0.1, 0.15) is 0 Å². The molecule has 1 fully saturated rings. The number of ketones is 1. The topological polar surface area (TPSA) is 43.1 Å². The lowest BCUT2D eigenvalue weighted by Gasteiger charge is -2.26. The fraction of sp³-hybridized carbons (Fsp3) is 0.588. The van der Waals surface area contributed by atoms with E-state index in [0.717, 1.165) is 30.7 Å². The second kappa shape index (κ2) is 6.85. The summed E-state index contributed by atoms with van der Waals surface area (Å²) in [4.78, 5) is 12.4. The minimum Gasteiger partial charge on any atom is -0.330 e. The molecule has 1 saturated carbocycles. The molecule has 0 aromatic heterocycles. The van der Waals surface area contributed by atoms with E-state index in [-0.39, 0.29) is 5.92 Å². The lowest BCUT2D eigenvalue weighted by molar-refractivity contribution is 0.0871. The first-order valence-corrected chi connectivity index (χ1v) is 7.57. The molecule has 0 spiro atoms. The smallest absolute Gasteiger partial charge is 0.165 e. The first-order chi connectivity index (χ1) is 9.24. The van der Waals surface area contributed by atoms with Crippen LogP contribution in [0.25, 0.3) is 0 Å². The molecule has 2 N–H and O–H groups in total. The molecule has 0 saturated heterocycles. The summed E-state index contributed by atoms with van der Waals surface area (Å²) in [5.74, 6) is 1.44. The van der Waals surface area contributed by atoms with Gasteiger partial charge in [-0.2, -0.15) is 0 Å². The van der Waals surface area contributed by atoms with Gasteiger partial charge in [0.25, 0.3) is 0 Å². The number of benzene rings is 1. The molecular weight excluding hydrogens is 234 g/mol. The highest BCUT2D eigenvalue weighted by Gasteiger charge is 2.26. The monoisotopic (exact) mass is 259 g/mol. The molecule has 0 heterocycles. The van der Waals surface area contributed by atoms with E-state index in [2.05, 4.69) is 6.92 Å². The van der Waals surface area contributed by atoms with Crippen LogP contribution >= 0.6 is 0 Å². The summed E-state index contributed by atoms with van der Waals surface area (Å²) in [5.41, 5.74) is 7.63. The Morgan fingerprint density at radius 2 is 1.79 bits per heavy atom. The van der Waals surface area contributed by atoms with Gasteiger partial charge in [0.15, 0.2) is 5.78 Å². The van der Waals surface area contributed by atoms with Crippen molar-refractivity contribution in [3.05, 3.63) is 35.4 Å². The molecule has 0 aliphatic heterocycles. The highest BCUT2D eigenvalue weighted by Crippen LogP contribution is 2.32. The van der Waals surface area contributed by atoms with Crippen molar-refractivity contribution in [1.29, 1.82) is 0 Å². The van der Waals surface area contributed by atoms with Crippen LogP contribution in [-0.2, 0) is 6.42 Å². The zero-order valence-corrected chi connectivity index (χ0v) is 11.9. The Bertz CT molecular complexity index is 402. The van der Waals surface area contributed by atoms with Crippen LogP contribution in [0, 0.1) is 11.8 Å². The van der Waals surface area contributed by atoms with Crippen LogP contribution in [0.1, 0.15) is 54.9 Å². The van der Waals surface area contributed by atoms with Crippen molar-refractivity contribution >= 4 is 5.78 Å². The van der Waals surface area contributed by atoms with E-state index in [1.165, 1.54) is 24.8 Å². The normalized spacial score (nSPS) is 23.3. The van der Waals surface area contributed by atoms with Crippen molar-refractivity contribution in [3.63, 3.8) is 0 Å². The molecule has 104 valence electrons. The summed E-state index contributed by atoms with van der Waals surface area (Å²) in [6.45, 7) is 2.91. The van der Waals surface area contributed by atoms with Gasteiger partial charge in [0.05, 0.1) is 0 Å². The Morgan fingerprint density at radius 1 is 1.16 bits per heavy atom. The van der Waals surface area contributed by atoms with Gasteiger partial charge in [-0.05, 0) is 50.1 Å². The Labute approximate surface area is 116 Å². The molecule has 0 bridgehead atoms. The molecule has 19 heavy (non-hydrogen) atoms. The molecule has 2 heteroatoms. The third kappa shape index (κ3) is 3.66. The lowest BCUT2D eigenvalue weighted by atomic mass is 9.78. The second-order valence-corrected chi connectivity index (χ2v) is 5.73. The van der Waals surface area contributed by atoms with Gasteiger partial charge in [0.2, 0.25) is 0 Å². The standard InChI is InChI=1S/C17H25NO/c1-2-13-3-7-15(8-4-13)17(19)16-9-5-14(6-10-16)11-12-18/h5-6,9-10,13,15H,2-4,7-8,11-12,18H2,1H3. The van der Waals surface area contributed by atoms with Crippen LogP contribution in [0.4, 0.5) is 0 Å². The fourth-order valence-corrected chi connectivity index (χ4v) is 3.07. The summed E-state index contributed by atoms with van der Waals surface area (Å²) in [7, 11) is 0. The maximum absolute atomic E-state index is 12.4. The number of hydrogen-bond acceptors (Lipinski definition) is 2. The summed E-state index contributed by atoms with van der Waals surface area (Å²) >= 11 is 0. The molecule has 1 aliphatic rings. The van der Waals surface area contributed by atoms with Crippen LogP contribution in [0.3, 0.4) is 0 Å². The van der Waals surface area contributed by atoms with E-state index >= 15 is 0 Å². The van der Waals surface area contributed by atoms with E-state index in [4.69, 9.17) is 5.73 Å². The quantitative estimate of drug-likeness (QED) is 0.821. The Kier molecular flexibility index (Phi) is 5.15. The number of nitrogens with two attached hydrogens (primary N) is 1. The van der Waals surface area contributed by atoms with Crippen LogP contribution in [0.5, 0.6) is 0 Å². The van der Waals surface area contributed by atoms with Gasteiger partial charge in [-0.25, -0.2) is 0 Å².